The average Bonchev–Trinajstić information content (AvgIpc) is 2.08. The van der Waals surface area contributed by atoms with E-state index in [1.54, 1.807) is 6.92 Å². The van der Waals surface area contributed by atoms with E-state index in [2.05, 4.69) is 0 Å². The summed E-state index contributed by atoms with van der Waals surface area (Å²) in [5.74, 6) is -0.880. The lowest BCUT2D eigenvalue weighted by molar-refractivity contribution is 0.407. The molecule has 0 amide bonds. The fourth-order valence-corrected chi connectivity index (χ4v) is 0.907. The summed E-state index contributed by atoms with van der Waals surface area (Å²) in [7, 11) is 0. The largest absolute Gasteiger partial charge is 0.503 e. The maximum Gasteiger partial charge on any atom is 0.185 e. The first-order valence-electron chi connectivity index (χ1n) is 3.31. The lowest BCUT2D eigenvalue weighted by Crippen LogP contribution is -2.01. The predicted molar refractivity (Wildman–Crippen MR) is 47.7 cm³/mol. The standard InChI is InChI=1S/C7H11N3O2/c1-2-3(8)5(10)7(12)6(11)4(2)9/h11-12H,8-10H2,1H3. The Hall–Kier alpha value is -1.78. The quantitative estimate of drug-likeness (QED) is 0.215. The minimum Gasteiger partial charge on any atom is -0.503 e. The van der Waals surface area contributed by atoms with E-state index in [-0.39, 0.29) is 17.1 Å². The van der Waals surface area contributed by atoms with Crippen molar-refractivity contribution in [2.75, 3.05) is 17.2 Å². The molecule has 12 heavy (non-hydrogen) atoms. The van der Waals surface area contributed by atoms with Crippen LogP contribution in [-0.2, 0) is 0 Å². The molecule has 0 saturated carbocycles. The van der Waals surface area contributed by atoms with Gasteiger partial charge >= 0.3 is 0 Å². The number of anilines is 3. The van der Waals surface area contributed by atoms with Gasteiger partial charge in [-0.3, -0.25) is 0 Å². The molecule has 1 rings (SSSR count). The highest BCUT2D eigenvalue weighted by molar-refractivity contribution is 5.85. The molecule has 0 fully saturated rings. The summed E-state index contributed by atoms with van der Waals surface area (Å²) in [6.45, 7) is 1.61. The molecule has 0 radical (unpaired) electrons. The van der Waals surface area contributed by atoms with Gasteiger partial charge in [0.15, 0.2) is 11.5 Å². The molecule has 5 heteroatoms. The van der Waals surface area contributed by atoms with E-state index in [4.69, 9.17) is 22.3 Å². The van der Waals surface area contributed by atoms with Crippen molar-refractivity contribution >= 4 is 17.1 Å². The van der Waals surface area contributed by atoms with Crippen LogP contribution in [0.3, 0.4) is 0 Å². The molecule has 0 aliphatic rings. The van der Waals surface area contributed by atoms with E-state index in [0.29, 0.717) is 5.56 Å². The number of hydrogen-bond acceptors (Lipinski definition) is 5. The lowest BCUT2D eigenvalue weighted by Gasteiger charge is -2.11. The van der Waals surface area contributed by atoms with Crippen LogP contribution in [0.15, 0.2) is 0 Å². The Labute approximate surface area is 69.4 Å². The van der Waals surface area contributed by atoms with Crippen molar-refractivity contribution in [3.63, 3.8) is 0 Å². The summed E-state index contributed by atoms with van der Waals surface area (Å²) in [6, 6.07) is 0. The fraction of sp³-hybridized carbons (Fsp3) is 0.143. The molecular formula is C7H11N3O2. The third kappa shape index (κ3) is 0.868. The predicted octanol–water partition coefficient (Wildman–Crippen LogP) is 0.153. The van der Waals surface area contributed by atoms with Crippen molar-refractivity contribution in [2.24, 2.45) is 0 Å². The van der Waals surface area contributed by atoms with Gasteiger partial charge in [0.05, 0.1) is 11.4 Å². The fourth-order valence-electron chi connectivity index (χ4n) is 0.907. The minimum atomic E-state index is -0.462. The molecule has 0 unspecified atom stereocenters. The van der Waals surface area contributed by atoms with Crippen LogP contribution in [-0.4, -0.2) is 10.2 Å². The van der Waals surface area contributed by atoms with Crippen LogP contribution >= 0.6 is 0 Å². The summed E-state index contributed by atoms with van der Waals surface area (Å²) in [5.41, 5.74) is 16.9. The van der Waals surface area contributed by atoms with Gasteiger partial charge in [-0.2, -0.15) is 0 Å². The molecule has 0 spiro atoms. The third-order valence-corrected chi connectivity index (χ3v) is 1.83. The van der Waals surface area contributed by atoms with Gasteiger partial charge < -0.3 is 27.4 Å². The number of rotatable bonds is 0. The summed E-state index contributed by atoms with van der Waals surface area (Å²) >= 11 is 0. The van der Waals surface area contributed by atoms with E-state index in [9.17, 15) is 5.11 Å². The number of benzene rings is 1. The van der Waals surface area contributed by atoms with Gasteiger partial charge in [0.2, 0.25) is 0 Å². The zero-order valence-corrected chi connectivity index (χ0v) is 6.63. The molecule has 8 N–H and O–H groups in total. The molecule has 0 aliphatic carbocycles. The van der Waals surface area contributed by atoms with E-state index in [1.165, 1.54) is 0 Å². The van der Waals surface area contributed by atoms with Gasteiger partial charge in [-0.15, -0.1) is 0 Å². The zero-order valence-electron chi connectivity index (χ0n) is 6.63. The Morgan fingerprint density at radius 1 is 0.833 bits per heavy atom. The highest BCUT2D eigenvalue weighted by Gasteiger charge is 2.15. The van der Waals surface area contributed by atoms with Gasteiger partial charge in [0, 0.05) is 5.56 Å². The van der Waals surface area contributed by atoms with Crippen molar-refractivity contribution in [1.29, 1.82) is 0 Å². The Bertz CT molecular complexity index is 231. The SMILES string of the molecule is Cc1c(N)c(N)c(O)c(O)c1N. The van der Waals surface area contributed by atoms with Crippen LogP contribution < -0.4 is 17.2 Å². The monoisotopic (exact) mass is 169 g/mol. The van der Waals surface area contributed by atoms with Crippen LogP contribution in [0.4, 0.5) is 17.1 Å². The second kappa shape index (κ2) is 2.37. The maximum absolute atomic E-state index is 9.18. The second-order valence-electron chi connectivity index (χ2n) is 2.56. The molecule has 0 bridgehead atoms. The molecule has 0 aliphatic heterocycles. The van der Waals surface area contributed by atoms with Gasteiger partial charge in [0.25, 0.3) is 0 Å². The highest BCUT2D eigenvalue weighted by atomic mass is 16.3. The van der Waals surface area contributed by atoms with Crippen molar-refractivity contribution in [2.45, 2.75) is 6.92 Å². The minimum absolute atomic E-state index is 0.0424. The van der Waals surface area contributed by atoms with Gasteiger partial charge in [0.1, 0.15) is 5.69 Å². The van der Waals surface area contributed by atoms with Crippen molar-refractivity contribution < 1.29 is 10.2 Å². The first-order chi connectivity index (χ1) is 5.46. The average molecular weight is 169 g/mol. The van der Waals surface area contributed by atoms with E-state index in [0.717, 1.165) is 0 Å². The van der Waals surface area contributed by atoms with Gasteiger partial charge in [-0.1, -0.05) is 0 Å². The van der Waals surface area contributed by atoms with Crippen LogP contribution in [0.1, 0.15) is 5.56 Å². The van der Waals surface area contributed by atoms with Crippen LogP contribution in [0.2, 0.25) is 0 Å². The Balaban J connectivity index is 3.60. The molecule has 66 valence electrons. The maximum atomic E-state index is 9.18. The Morgan fingerprint density at radius 3 is 1.75 bits per heavy atom. The molecule has 5 nitrogen and oxygen atoms in total. The number of phenolic OH excluding ortho intramolecular Hbond substituents is 2. The van der Waals surface area contributed by atoms with Crippen molar-refractivity contribution in [3.05, 3.63) is 5.56 Å². The molecule has 1 aromatic carbocycles. The van der Waals surface area contributed by atoms with Crippen LogP contribution in [0, 0.1) is 6.92 Å². The molecular weight excluding hydrogens is 158 g/mol. The Kier molecular flexibility index (Phi) is 1.64. The number of nitrogen functional groups attached to an aromatic ring is 3. The molecule has 0 saturated heterocycles. The summed E-state index contributed by atoms with van der Waals surface area (Å²) in [5, 5.41) is 18.3. The van der Waals surface area contributed by atoms with Gasteiger partial charge in [-0.25, -0.2) is 0 Å². The highest BCUT2D eigenvalue weighted by Crippen LogP contribution is 2.43. The first kappa shape index (κ1) is 8.32. The summed E-state index contributed by atoms with van der Waals surface area (Å²) in [4.78, 5) is 0. The van der Waals surface area contributed by atoms with Crippen LogP contribution in [0.5, 0.6) is 11.5 Å². The third-order valence-electron chi connectivity index (χ3n) is 1.83. The molecule has 0 heterocycles. The van der Waals surface area contributed by atoms with Crippen molar-refractivity contribution in [1.82, 2.24) is 0 Å². The molecule has 0 aromatic heterocycles. The summed E-state index contributed by atoms with van der Waals surface area (Å²) in [6.07, 6.45) is 0. The smallest absolute Gasteiger partial charge is 0.185 e. The topological polar surface area (TPSA) is 119 Å². The van der Waals surface area contributed by atoms with Gasteiger partial charge in [-0.05, 0) is 6.92 Å². The normalized spacial score (nSPS) is 10.1. The lowest BCUT2D eigenvalue weighted by atomic mass is 10.1. The Morgan fingerprint density at radius 2 is 1.25 bits per heavy atom. The first-order valence-corrected chi connectivity index (χ1v) is 3.31. The number of nitrogens with two attached hydrogens (primary N) is 3. The van der Waals surface area contributed by atoms with E-state index < -0.39 is 11.5 Å². The van der Waals surface area contributed by atoms with Crippen LogP contribution in [0.25, 0.3) is 0 Å². The zero-order chi connectivity index (χ0) is 9.46. The second-order valence-corrected chi connectivity index (χ2v) is 2.56. The van der Waals surface area contributed by atoms with E-state index >= 15 is 0 Å². The summed E-state index contributed by atoms with van der Waals surface area (Å²) < 4.78 is 0. The number of aromatic hydroxyl groups is 2. The molecule has 0 atom stereocenters. The van der Waals surface area contributed by atoms with E-state index in [1.807, 2.05) is 0 Å². The number of hydrogen-bond donors (Lipinski definition) is 5. The number of phenols is 2. The molecule has 1 aromatic rings. The van der Waals surface area contributed by atoms with Crippen molar-refractivity contribution in [3.8, 4) is 11.5 Å².